The Morgan fingerprint density at radius 2 is 1.30 bits per heavy atom. The van der Waals surface area contributed by atoms with Gasteiger partial charge in [0.05, 0.1) is 15.9 Å². The van der Waals surface area contributed by atoms with Gasteiger partial charge in [0.15, 0.2) is 0 Å². The first kappa shape index (κ1) is 33.2. The first-order valence-corrected chi connectivity index (χ1v) is 9.24. The molecule has 0 bridgehead atoms. The smallest absolute Gasteiger partial charge is 0.748 e. The van der Waals surface area contributed by atoms with Crippen LogP contribution in [-0.4, -0.2) is 31.2 Å². The van der Waals surface area contributed by atoms with Gasteiger partial charge in [-0.3, -0.25) is 0 Å². The number of hydrogen-bond acceptors (Lipinski definition) is 6. The Balaban J connectivity index is -0.000000173. The standard InChI is InChI=1S/C12H24O2.C2H7NO3S.2K/c1-2-3-4-5-6-7-8-9-10-11-12(13)14;3-1-2-7(4,5)6;;/h2-11H2,1H3,(H,13,14);1-3H2,(H,4,5,6);;/q;;2*+1/p-2. The third-order valence-electron chi connectivity index (χ3n) is 2.85. The summed E-state index contributed by atoms with van der Waals surface area (Å²) in [7, 11) is -4.05. The average molecular weight is 402 g/mol. The van der Waals surface area contributed by atoms with Gasteiger partial charge in [-0.15, -0.1) is 0 Å². The summed E-state index contributed by atoms with van der Waals surface area (Å²) < 4.78 is 28.8. The van der Waals surface area contributed by atoms with Crippen LogP contribution in [0.15, 0.2) is 0 Å². The number of hydrogen-bond donors (Lipinski definition) is 1. The first-order valence-electron chi connectivity index (χ1n) is 7.67. The summed E-state index contributed by atoms with van der Waals surface area (Å²) in [6, 6.07) is 0. The van der Waals surface area contributed by atoms with Crippen molar-refractivity contribution in [3.8, 4) is 0 Å². The van der Waals surface area contributed by atoms with Gasteiger partial charge in [-0.2, -0.15) is 0 Å². The molecule has 0 aromatic carbocycles. The normalized spacial score (nSPS) is 9.87. The molecular formula is C14H29K2NO5S. The molecule has 0 saturated heterocycles. The Morgan fingerprint density at radius 1 is 0.913 bits per heavy atom. The quantitative estimate of drug-likeness (QED) is 0.199. The topological polar surface area (TPSA) is 123 Å². The second-order valence-electron chi connectivity index (χ2n) is 5.00. The van der Waals surface area contributed by atoms with Crippen molar-refractivity contribution in [2.45, 2.75) is 71.1 Å². The van der Waals surface area contributed by atoms with E-state index >= 15 is 0 Å². The Kier molecular flexibility index (Phi) is 35.5. The van der Waals surface area contributed by atoms with E-state index in [1.165, 1.54) is 44.9 Å². The molecule has 0 saturated carbocycles. The van der Waals surface area contributed by atoms with Gasteiger partial charge < -0.3 is 20.2 Å². The largest absolute Gasteiger partial charge is 1.00 e. The molecule has 9 heteroatoms. The maximum absolute atomic E-state index is 10.1. The van der Waals surface area contributed by atoms with E-state index in [4.69, 9.17) is 5.73 Å². The van der Waals surface area contributed by atoms with E-state index in [2.05, 4.69) is 6.92 Å². The van der Waals surface area contributed by atoms with Crippen LogP contribution in [0, 0.1) is 0 Å². The summed E-state index contributed by atoms with van der Waals surface area (Å²) in [6.07, 6.45) is 11.2. The molecule has 0 unspecified atom stereocenters. The van der Waals surface area contributed by atoms with Crippen molar-refractivity contribution in [1.29, 1.82) is 0 Å². The van der Waals surface area contributed by atoms with Gasteiger partial charge in [-0.05, 0) is 12.8 Å². The van der Waals surface area contributed by atoms with Crippen molar-refractivity contribution in [3.63, 3.8) is 0 Å². The molecule has 0 heterocycles. The van der Waals surface area contributed by atoms with Crippen LogP contribution in [0.2, 0.25) is 0 Å². The number of rotatable bonds is 12. The van der Waals surface area contributed by atoms with Gasteiger partial charge in [-0.1, -0.05) is 58.3 Å². The number of carboxylic acid groups (broad SMARTS) is 1. The molecule has 0 spiro atoms. The fourth-order valence-electron chi connectivity index (χ4n) is 1.72. The summed E-state index contributed by atoms with van der Waals surface area (Å²) in [4.78, 5) is 10.1. The molecule has 0 amide bonds. The Morgan fingerprint density at radius 3 is 1.57 bits per heavy atom. The maximum atomic E-state index is 10.1. The first-order chi connectivity index (χ1) is 9.83. The molecule has 0 radical (unpaired) electrons. The second kappa shape index (κ2) is 24.6. The van der Waals surface area contributed by atoms with Gasteiger partial charge in [0.2, 0.25) is 0 Å². The predicted octanol–water partition coefficient (Wildman–Crippen LogP) is -4.84. The predicted molar refractivity (Wildman–Crippen MR) is 80.5 cm³/mol. The summed E-state index contributed by atoms with van der Waals surface area (Å²) in [5.74, 6) is -1.37. The molecule has 23 heavy (non-hydrogen) atoms. The van der Waals surface area contributed by atoms with Crippen molar-refractivity contribution < 1.29 is 126 Å². The van der Waals surface area contributed by atoms with E-state index in [0.717, 1.165) is 12.8 Å². The molecule has 0 fully saturated rings. The molecule has 0 atom stereocenters. The van der Waals surface area contributed by atoms with Crippen LogP contribution in [0.1, 0.15) is 71.1 Å². The number of carbonyl (C=O) groups excluding carboxylic acids is 1. The number of aliphatic carboxylic acids is 1. The van der Waals surface area contributed by atoms with E-state index in [0.29, 0.717) is 0 Å². The van der Waals surface area contributed by atoms with Crippen molar-refractivity contribution in [1.82, 2.24) is 0 Å². The number of carboxylic acids is 1. The molecule has 2 N–H and O–H groups in total. The minimum Gasteiger partial charge on any atom is -0.748 e. The summed E-state index contributed by atoms with van der Waals surface area (Å²) in [5.41, 5.74) is 4.74. The third kappa shape index (κ3) is 40.6. The van der Waals surface area contributed by atoms with Gasteiger partial charge in [-0.25, -0.2) is 8.42 Å². The zero-order valence-corrected chi connectivity index (χ0v) is 22.1. The molecule has 0 aliphatic carbocycles. The van der Waals surface area contributed by atoms with Crippen LogP contribution in [0.5, 0.6) is 0 Å². The molecule has 0 aliphatic rings. The van der Waals surface area contributed by atoms with Gasteiger partial charge in [0, 0.05) is 12.5 Å². The Bertz CT molecular complexity index is 340. The summed E-state index contributed by atoms with van der Waals surface area (Å²) in [5, 5.41) is 10.1. The van der Waals surface area contributed by atoms with E-state index in [9.17, 15) is 22.9 Å². The number of nitrogens with two attached hydrogens (primary N) is 1. The zero-order chi connectivity index (χ0) is 16.6. The SMILES string of the molecule is CCCCCCCCCCCC(=O)[O-].NCCS(=O)(=O)[O-].[K+].[K+]. The van der Waals surface area contributed by atoms with Crippen LogP contribution in [-0.2, 0) is 14.9 Å². The number of unbranched alkanes of at least 4 members (excludes halogenated alkanes) is 8. The Hall–Kier alpha value is 2.61. The van der Waals surface area contributed by atoms with Crippen LogP contribution >= 0.6 is 0 Å². The molecule has 6 nitrogen and oxygen atoms in total. The van der Waals surface area contributed by atoms with E-state index in [-0.39, 0.29) is 116 Å². The van der Waals surface area contributed by atoms with Crippen LogP contribution < -0.4 is 114 Å². The molecule has 0 aromatic heterocycles. The second-order valence-corrected chi connectivity index (χ2v) is 6.52. The monoisotopic (exact) mass is 401 g/mol. The fourth-order valence-corrected chi connectivity index (χ4v) is 2.01. The van der Waals surface area contributed by atoms with E-state index in [1.807, 2.05) is 0 Å². The Labute approximate surface area is 226 Å². The number of carbonyl (C=O) groups is 1. The van der Waals surface area contributed by atoms with Crippen molar-refractivity contribution in [3.05, 3.63) is 0 Å². The maximum Gasteiger partial charge on any atom is 1.00 e. The van der Waals surface area contributed by atoms with Crippen LogP contribution in [0.4, 0.5) is 0 Å². The molecular weight excluding hydrogens is 372 g/mol. The summed E-state index contributed by atoms with van der Waals surface area (Å²) >= 11 is 0. The van der Waals surface area contributed by atoms with Gasteiger partial charge >= 0.3 is 103 Å². The van der Waals surface area contributed by atoms with Crippen molar-refractivity contribution >= 4 is 16.1 Å². The van der Waals surface area contributed by atoms with Crippen molar-refractivity contribution in [2.75, 3.05) is 12.3 Å². The minimum atomic E-state index is -4.05. The summed E-state index contributed by atoms with van der Waals surface area (Å²) in [6.45, 7) is 2.13. The fraction of sp³-hybridized carbons (Fsp3) is 0.929. The molecule has 0 aliphatic heterocycles. The zero-order valence-electron chi connectivity index (χ0n) is 15.0. The van der Waals surface area contributed by atoms with Crippen molar-refractivity contribution in [2.24, 2.45) is 5.73 Å². The third-order valence-corrected chi connectivity index (χ3v) is 3.59. The van der Waals surface area contributed by atoms with E-state index < -0.39 is 21.8 Å². The van der Waals surface area contributed by atoms with Gasteiger partial charge in [0.1, 0.15) is 0 Å². The molecule has 128 valence electrons. The molecule has 0 rings (SSSR count). The average Bonchev–Trinajstić information content (AvgIpc) is 2.36. The van der Waals surface area contributed by atoms with Crippen LogP contribution in [0.25, 0.3) is 0 Å². The minimum absolute atomic E-state index is 0. The molecule has 0 aromatic rings. The van der Waals surface area contributed by atoms with Crippen LogP contribution in [0.3, 0.4) is 0 Å². The van der Waals surface area contributed by atoms with Gasteiger partial charge in [0.25, 0.3) is 0 Å². The van der Waals surface area contributed by atoms with E-state index in [1.54, 1.807) is 0 Å².